The first-order valence-corrected chi connectivity index (χ1v) is 11.0. The number of aromatic carboxylic acids is 1. The monoisotopic (exact) mass is 458 g/mol. The van der Waals surface area contributed by atoms with Gasteiger partial charge in [0.25, 0.3) is 0 Å². The summed E-state index contributed by atoms with van der Waals surface area (Å²) >= 11 is 0. The van der Waals surface area contributed by atoms with E-state index < -0.39 is 23.4 Å². The Morgan fingerprint density at radius 3 is 2.06 bits per heavy atom. The maximum Gasteiger partial charge on any atom is 0.407 e. The number of nitrogens with one attached hydrogen (secondary N) is 2. The number of fused-ring (bicyclic) bond motifs is 3. The molecular weight excluding hydrogens is 432 g/mol. The SMILES string of the molecule is CC(C)(CNC(=O)OCC1c2ccccc2-c2ccccc21)C(=O)Nc1ccccc1C(=O)O. The molecule has 2 amide bonds. The first-order valence-electron chi connectivity index (χ1n) is 11.0. The van der Waals surface area contributed by atoms with E-state index in [0.717, 1.165) is 22.3 Å². The highest BCUT2D eigenvalue weighted by Gasteiger charge is 2.31. The Hall–Kier alpha value is -4.13. The fraction of sp³-hybridized carbons (Fsp3) is 0.222. The lowest BCUT2D eigenvalue weighted by Crippen LogP contribution is -2.42. The number of carboxylic acid groups (broad SMARTS) is 1. The average Bonchev–Trinajstić information content (AvgIpc) is 3.15. The van der Waals surface area contributed by atoms with Crippen LogP contribution < -0.4 is 10.6 Å². The Morgan fingerprint density at radius 2 is 1.44 bits per heavy atom. The Labute approximate surface area is 197 Å². The van der Waals surface area contributed by atoms with Crippen molar-refractivity contribution in [2.75, 3.05) is 18.5 Å². The van der Waals surface area contributed by atoms with Gasteiger partial charge >= 0.3 is 12.1 Å². The van der Waals surface area contributed by atoms with Crippen molar-refractivity contribution in [1.82, 2.24) is 5.32 Å². The second-order valence-corrected chi connectivity index (χ2v) is 8.87. The molecule has 0 unspecified atom stereocenters. The van der Waals surface area contributed by atoms with Crippen LogP contribution in [0.4, 0.5) is 10.5 Å². The largest absolute Gasteiger partial charge is 0.478 e. The van der Waals surface area contributed by atoms with Crippen LogP contribution in [-0.4, -0.2) is 36.2 Å². The molecule has 3 aromatic rings. The molecule has 0 bridgehead atoms. The number of hydrogen-bond donors (Lipinski definition) is 3. The second-order valence-electron chi connectivity index (χ2n) is 8.87. The number of amides is 2. The van der Waals surface area contributed by atoms with Crippen LogP contribution in [0.1, 0.15) is 41.3 Å². The summed E-state index contributed by atoms with van der Waals surface area (Å²) in [5, 5.41) is 14.6. The van der Waals surface area contributed by atoms with Crippen LogP contribution in [0.3, 0.4) is 0 Å². The standard InChI is InChI=1S/C27H26N2O5/c1-27(2,25(32)29-23-14-8-7-13-21(23)24(30)31)16-28-26(33)34-15-22-19-11-5-3-9-17(19)18-10-4-6-12-20(18)22/h3-14,22H,15-16H2,1-2H3,(H,28,33)(H,29,32)(H,30,31). The van der Waals surface area contributed by atoms with E-state index in [-0.39, 0.29) is 30.3 Å². The van der Waals surface area contributed by atoms with Crippen LogP contribution in [0.15, 0.2) is 72.8 Å². The number of alkyl carbamates (subject to hydrolysis) is 1. The van der Waals surface area contributed by atoms with Gasteiger partial charge in [-0.2, -0.15) is 0 Å². The maximum atomic E-state index is 12.8. The zero-order valence-electron chi connectivity index (χ0n) is 19.0. The molecular formula is C27H26N2O5. The molecule has 0 aliphatic heterocycles. The molecule has 7 heteroatoms. The van der Waals surface area contributed by atoms with E-state index >= 15 is 0 Å². The van der Waals surface area contributed by atoms with E-state index in [0.29, 0.717) is 0 Å². The highest BCUT2D eigenvalue weighted by atomic mass is 16.5. The number of carboxylic acids is 1. The molecule has 0 heterocycles. The van der Waals surface area contributed by atoms with Gasteiger partial charge in [-0.15, -0.1) is 0 Å². The normalized spacial score (nSPS) is 12.4. The number of benzene rings is 3. The number of carbonyl (C=O) groups is 3. The Morgan fingerprint density at radius 1 is 0.882 bits per heavy atom. The summed E-state index contributed by atoms with van der Waals surface area (Å²) in [6.45, 7) is 3.52. The molecule has 4 rings (SSSR count). The lowest BCUT2D eigenvalue weighted by atomic mass is 9.92. The minimum absolute atomic E-state index is 0.00357. The fourth-order valence-electron chi connectivity index (χ4n) is 4.09. The summed E-state index contributed by atoms with van der Waals surface area (Å²) in [5.41, 5.74) is 3.72. The van der Waals surface area contributed by atoms with Crippen LogP contribution in [0, 0.1) is 5.41 Å². The molecule has 0 spiro atoms. The van der Waals surface area contributed by atoms with Crippen molar-refractivity contribution in [1.29, 1.82) is 0 Å². The van der Waals surface area contributed by atoms with Gasteiger partial charge in [0.15, 0.2) is 0 Å². The third-order valence-electron chi connectivity index (χ3n) is 6.04. The van der Waals surface area contributed by atoms with Crippen molar-refractivity contribution in [3.8, 4) is 11.1 Å². The topological polar surface area (TPSA) is 105 Å². The van der Waals surface area contributed by atoms with Crippen molar-refractivity contribution in [2.24, 2.45) is 5.41 Å². The smallest absolute Gasteiger partial charge is 0.407 e. The van der Waals surface area contributed by atoms with Gasteiger partial charge in [-0.1, -0.05) is 60.7 Å². The van der Waals surface area contributed by atoms with E-state index in [1.54, 1.807) is 26.0 Å². The Kier molecular flexibility index (Phi) is 6.36. The third kappa shape index (κ3) is 4.64. The van der Waals surface area contributed by atoms with Crippen molar-refractivity contribution >= 4 is 23.7 Å². The molecule has 0 aromatic heterocycles. The van der Waals surface area contributed by atoms with Gasteiger partial charge in [-0.25, -0.2) is 9.59 Å². The van der Waals surface area contributed by atoms with Gasteiger partial charge in [0, 0.05) is 12.5 Å². The van der Waals surface area contributed by atoms with E-state index in [9.17, 15) is 19.5 Å². The number of ether oxygens (including phenoxy) is 1. The Bertz CT molecular complexity index is 1210. The van der Waals surface area contributed by atoms with Crippen LogP contribution in [0.2, 0.25) is 0 Å². The molecule has 0 saturated carbocycles. The lowest BCUT2D eigenvalue weighted by Gasteiger charge is -2.24. The van der Waals surface area contributed by atoms with Crippen molar-refractivity contribution in [3.63, 3.8) is 0 Å². The van der Waals surface area contributed by atoms with Gasteiger partial charge in [0.05, 0.1) is 16.7 Å². The molecule has 3 aromatic carbocycles. The van der Waals surface area contributed by atoms with Crippen molar-refractivity contribution in [3.05, 3.63) is 89.5 Å². The molecule has 0 saturated heterocycles. The molecule has 0 radical (unpaired) electrons. The third-order valence-corrected chi connectivity index (χ3v) is 6.04. The molecule has 174 valence electrons. The van der Waals surface area contributed by atoms with Crippen molar-refractivity contribution < 1.29 is 24.2 Å². The molecule has 3 N–H and O–H groups in total. The van der Waals surface area contributed by atoms with Crippen molar-refractivity contribution in [2.45, 2.75) is 19.8 Å². The zero-order chi connectivity index (χ0) is 24.3. The number of anilines is 1. The number of hydrogen-bond acceptors (Lipinski definition) is 4. The highest BCUT2D eigenvalue weighted by molar-refractivity contribution is 6.02. The van der Waals surface area contributed by atoms with Crippen LogP contribution in [0.25, 0.3) is 11.1 Å². The second kappa shape index (κ2) is 9.39. The predicted molar refractivity (Wildman–Crippen MR) is 129 cm³/mol. The summed E-state index contributed by atoms with van der Waals surface area (Å²) in [6.07, 6.45) is -0.617. The van der Waals surface area contributed by atoms with Gasteiger partial charge in [0.2, 0.25) is 5.91 Å². The molecule has 1 aliphatic rings. The van der Waals surface area contributed by atoms with Crippen LogP contribution in [0.5, 0.6) is 0 Å². The minimum Gasteiger partial charge on any atom is -0.478 e. The summed E-state index contributed by atoms with van der Waals surface area (Å²) in [7, 11) is 0. The molecule has 0 fully saturated rings. The minimum atomic E-state index is -1.13. The Balaban J connectivity index is 1.35. The van der Waals surface area contributed by atoms with E-state index in [4.69, 9.17) is 4.74 Å². The highest BCUT2D eigenvalue weighted by Crippen LogP contribution is 2.44. The van der Waals surface area contributed by atoms with Gasteiger partial charge in [0.1, 0.15) is 6.61 Å². The maximum absolute atomic E-state index is 12.8. The van der Waals surface area contributed by atoms with E-state index in [1.165, 1.54) is 12.1 Å². The van der Waals surface area contributed by atoms with Crippen LogP contribution >= 0.6 is 0 Å². The summed E-state index contributed by atoms with van der Waals surface area (Å²) in [6, 6.07) is 22.3. The van der Waals surface area contributed by atoms with Gasteiger partial charge in [-0.05, 0) is 48.2 Å². The fourth-order valence-corrected chi connectivity index (χ4v) is 4.09. The number of para-hydroxylation sites is 1. The molecule has 34 heavy (non-hydrogen) atoms. The number of carbonyl (C=O) groups excluding carboxylic acids is 2. The van der Waals surface area contributed by atoms with E-state index in [2.05, 4.69) is 22.8 Å². The van der Waals surface area contributed by atoms with Gasteiger partial charge in [-0.3, -0.25) is 4.79 Å². The van der Waals surface area contributed by atoms with Crippen LogP contribution in [-0.2, 0) is 9.53 Å². The lowest BCUT2D eigenvalue weighted by molar-refractivity contribution is -0.123. The molecule has 0 atom stereocenters. The summed E-state index contributed by atoms with van der Waals surface area (Å²) in [4.78, 5) is 36.6. The zero-order valence-corrected chi connectivity index (χ0v) is 19.0. The first-order chi connectivity index (χ1) is 16.3. The number of rotatable bonds is 7. The molecule has 7 nitrogen and oxygen atoms in total. The molecule has 1 aliphatic carbocycles. The quantitative estimate of drug-likeness (QED) is 0.468. The first kappa shape index (κ1) is 23.0. The average molecular weight is 459 g/mol. The summed E-state index contributed by atoms with van der Waals surface area (Å²) < 4.78 is 5.52. The van der Waals surface area contributed by atoms with E-state index in [1.807, 2.05) is 36.4 Å². The van der Waals surface area contributed by atoms with Gasteiger partial charge < -0.3 is 20.5 Å². The summed E-state index contributed by atoms with van der Waals surface area (Å²) in [5.74, 6) is -1.60. The predicted octanol–water partition coefficient (Wildman–Crippen LogP) is 4.89.